The summed E-state index contributed by atoms with van der Waals surface area (Å²) in [6.45, 7) is 3.95. The highest BCUT2D eigenvalue weighted by Gasteiger charge is 2.15. The van der Waals surface area contributed by atoms with Crippen LogP contribution < -0.4 is 11.1 Å². The number of nitrogens with one attached hydrogen (secondary N) is 1. The van der Waals surface area contributed by atoms with Gasteiger partial charge in [0.15, 0.2) is 5.58 Å². The minimum absolute atomic E-state index is 0.199. The molecule has 3 aromatic rings. The predicted molar refractivity (Wildman–Crippen MR) is 83.2 cm³/mol. The molecular formula is C15H14N2O3S. The van der Waals surface area contributed by atoms with Crippen molar-refractivity contribution in [2.45, 2.75) is 13.8 Å². The van der Waals surface area contributed by atoms with Gasteiger partial charge in [-0.3, -0.25) is 9.36 Å². The first-order valence-corrected chi connectivity index (χ1v) is 7.26. The molecule has 0 atom stereocenters. The summed E-state index contributed by atoms with van der Waals surface area (Å²) in [4.78, 5) is 25.6. The molecule has 6 heteroatoms. The summed E-state index contributed by atoms with van der Waals surface area (Å²) in [5.74, 6) is -0.648. The van der Waals surface area contributed by atoms with Crippen LogP contribution in [0.5, 0.6) is 0 Å². The van der Waals surface area contributed by atoms with E-state index in [1.165, 1.54) is 15.9 Å². The van der Waals surface area contributed by atoms with Crippen LogP contribution in [0.15, 0.2) is 33.5 Å². The van der Waals surface area contributed by atoms with E-state index in [0.717, 1.165) is 10.4 Å². The molecular weight excluding hydrogens is 288 g/mol. The number of aryl methyl sites for hydroxylation is 3. The van der Waals surface area contributed by atoms with Crippen LogP contribution in [0.2, 0.25) is 0 Å². The molecule has 108 valence electrons. The zero-order valence-electron chi connectivity index (χ0n) is 11.9. The van der Waals surface area contributed by atoms with E-state index in [9.17, 15) is 9.59 Å². The van der Waals surface area contributed by atoms with Gasteiger partial charge in [-0.25, -0.2) is 4.79 Å². The Hall–Kier alpha value is -2.34. The largest absolute Gasteiger partial charge is 0.419 e. The monoisotopic (exact) mass is 302 g/mol. The second kappa shape index (κ2) is 4.89. The lowest BCUT2D eigenvalue weighted by atomic mass is 10.2. The molecule has 3 rings (SSSR count). The Balaban J connectivity index is 2.00. The number of para-hydroxylation sites is 1. The van der Waals surface area contributed by atoms with E-state index in [1.807, 2.05) is 19.9 Å². The smallest absolute Gasteiger partial charge is 0.405 e. The summed E-state index contributed by atoms with van der Waals surface area (Å²) in [5, 5.41) is 2.81. The third kappa shape index (κ3) is 2.27. The van der Waals surface area contributed by atoms with E-state index in [-0.39, 0.29) is 5.91 Å². The molecule has 0 aliphatic carbocycles. The molecule has 0 saturated carbocycles. The van der Waals surface area contributed by atoms with Gasteiger partial charge in [0.2, 0.25) is 0 Å². The standard InChI is InChI=1S/C15H14N2O3S/c1-8-7-12(21-9(8)2)14(18)16-10-5-4-6-11-13(10)20-15(19)17(11)3/h4-7H,1-3H3,(H,16,18). The fourth-order valence-electron chi connectivity index (χ4n) is 2.12. The number of oxazole rings is 1. The van der Waals surface area contributed by atoms with Crippen LogP contribution in [0, 0.1) is 13.8 Å². The normalized spacial score (nSPS) is 11.0. The van der Waals surface area contributed by atoms with Gasteiger partial charge in [-0.2, -0.15) is 0 Å². The van der Waals surface area contributed by atoms with Crippen molar-refractivity contribution >= 4 is 34.0 Å². The zero-order valence-corrected chi connectivity index (χ0v) is 12.7. The lowest BCUT2D eigenvalue weighted by molar-refractivity contribution is 0.103. The number of aromatic nitrogens is 1. The van der Waals surface area contributed by atoms with Gasteiger partial charge in [0.1, 0.15) is 0 Å². The highest BCUT2D eigenvalue weighted by atomic mass is 32.1. The van der Waals surface area contributed by atoms with Crippen molar-refractivity contribution in [3.8, 4) is 0 Å². The minimum Gasteiger partial charge on any atom is -0.405 e. The maximum absolute atomic E-state index is 12.3. The van der Waals surface area contributed by atoms with Crippen molar-refractivity contribution in [2.24, 2.45) is 7.05 Å². The number of hydrogen-bond acceptors (Lipinski definition) is 4. The number of hydrogen-bond donors (Lipinski definition) is 1. The van der Waals surface area contributed by atoms with Crippen molar-refractivity contribution in [2.75, 3.05) is 5.32 Å². The second-order valence-electron chi connectivity index (χ2n) is 4.88. The molecule has 0 aliphatic rings. The van der Waals surface area contributed by atoms with E-state index in [1.54, 1.807) is 25.2 Å². The van der Waals surface area contributed by atoms with E-state index in [2.05, 4.69) is 5.32 Å². The van der Waals surface area contributed by atoms with Gasteiger partial charge in [0, 0.05) is 11.9 Å². The van der Waals surface area contributed by atoms with Gasteiger partial charge in [-0.15, -0.1) is 11.3 Å². The molecule has 0 radical (unpaired) electrons. The molecule has 21 heavy (non-hydrogen) atoms. The molecule has 1 aromatic carbocycles. The first-order valence-electron chi connectivity index (χ1n) is 6.44. The topological polar surface area (TPSA) is 64.2 Å². The van der Waals surface area contributed by atoms with Crippen LogP contribution in [0.25, 0.3) is 11.1 Å². The summed E-state index contributed by atoms with van der Waals surface area (Å²) in [7, 11) is 1.63. The molecule has 1 amide bonds. The van der Waals surface area contributed by atoms with Crippen LogP contribution in [-0.2, 0) is 7.05 Å². The third-order valence-electron chi connectivity index (χ3n) is 3.46. The quantitative estimate of drug-likeness (QED) is 0.791. The highest BCUT2D eigenvalue weighted by molar-refractivity contribution is 7.14. The lowest BCUT2D eigenvalue weighted by Crippen LogP contribution is -2.10. The summed E-state index contributed by atoms with van der Waals surface area (Å²) < 4.78 is 6.60. The van der Waals surface area contributed by atoms with E-state index < -0.39 is 5.76 Å². The molecule has 0 aliphatic heterocycles. The van der Waals surface area contributed by atoms with Gasteiger partial charge in [0.25, 0.3) is 5.91 Å². The average Bonchev–Trinajstić information content (AvgIpc) is 2.93. The Labute approximate surface area is 124 Å². The molecule has 2 heterocycles. The molecule has 0 fully saturated rings. The molecule has 1 N–H and O–H groups in total. The Morgan fingerprint density at radius 3 is 2.76 bits per heavy atom. The minimum atomic E-state index is -0.450. The number of carbonyl (C=O) groups excluding carboxylic acids is 1. The number of amides is 1. The number of benzene rings is 1. The summed E-state index contributed by atoms with van der Waals surface area (Å²) in [6, 6.07) is 7.13. The molecule has 0 bridgehead atoms. The number of anilines is 1. The SMILES string of the molecule is Cc1cc(C(=O)Nc2cccc3c2oc(=O)n3C)sc1C. The van der Waals surface area contributed by atoms with Crippen molar-refractivity contribution < 1.29 is 9.21 Å². The Morgan fingerprint density at radius 1 is 1.33 bits per heavy atom. The van der Waals surface area contributed by atoms with Crippen molar-refractivity contribution in [3.63, 3.8) is 0 Å². The predicted octanol–water partition coefficient (Wildman–Crippen LogP) is 3.06. The van der Waals surface area contributed by atoms with Crippen molar-refractivity contribution in [1.82, 2.24) is 4.57 Å². The molecule has 0 spiro atoms. The molecule has 0 unspecified atom stereocenters. The number of carbonyl (C=O) groups is 1. The summed E-state index contributed by atoms with van der Waals surface area (Å²) in [5.41, 5.74) is 2.63. The van der Waals surface area contributed by atoms with Crippen LogP contribution in [0.1, 0.15) is 20.1 Å². The van der Waals surface area contributed by atoms with Gasteiger partial charge in [-0.1, -0.05) is 6.07 Å². The zero-order chi connectivity index (χ0) is 15.1. The van der Waals surface area contributed by atoms with Gasteiger partial charge in [0.05, 0.1) is 16.1 Å². The average molecular weight is 302 g/mol. The first kappa shape index (κ1) is 13.6. The number of rotatable bonds is 2. The van der Waals surface area contributed by atoms with Crippen LogP contribution in [-0.4, -0.2) is 10.5 Å². The van der Waals surface area contributed by atoms with E-state index >= 15 is 0 Å². The van der Waals surface area contributed by atoms with E-state index in [4.69, 9.17) is 4.42 Å². The second-order valence-corrected chi connectivity index (χ2v) is 6.14. The maximum atomic E-state index is 12.3. The van der Waals surface area contributed by atoms with Gasteiger partial charge < -0.3 is 9.73 Å². The van der Waals surface area contributed by atoms with E-state index in [0.29, 0.717) is 21.7 Å². The first-order chi connectivity index (χ1) is 9.97. The number of fused-ring (bicyclic) bond motifs is 1. The Bertz CT molecular complexity index is 882. The number of thiophene rings is 1. The Kier molecular flexibility index (Phi) is 3.17. The highest BCUT2D eigenvalue weighted by Crippen LogP contribution is 2.25. The summed E-state index contributed by atoms with van der Waals surface area (Å²) in [6.07, 6.45) is 0. The van der Waals surface area contributed by atoms with Crippen molar-refractivity contribution in [3.05, 3.63) is 50.1 Å². The number of nitrogens with zero attached hydrogens (tertiary/aromatic N) is 1. The molecule has 2 aromatic heterocycles. The van der Waals surface area contributed by atoms with Gasteiger partial charge in [-0.05, 0) is 37.6 Å². The molecule has 0 saturated heterocycles. The Morgan fingerprint density at radius 2 is 2.10 bits per heavy atom. The van der Waals surface area contributed by atoms with Crippen molar-refractivity contribution in [1.29, 1.82) is 0 Å². The summed E-state index contributed by atoms with van der Waals surface area (Å²) >= 11 is 1.45. The molecule has 5 nitrogen and oxygen atoms in total. The van der Waals surface area contributed by atoms with Crippen LogP contribution >= 0.6 is 11.3 Å². The fourth-order valence-corrected chi connectivity index (χ4v) is 3.05. The third-order valence-corrected chi connectivity index (χ3v) is 4.61. The van der Waals surface area contributed by atoms with Crippen LogP contribution in [0.4, 0.5) is 5.69 Å². The van der Waals surface area contributed by atoms with Gasteiger partial charge >= 0.3 is 5.76 Å². The lowest BCUT2D eigenvalue weighted by Gasteiger charge is -2.03. The van der Waals surface area contributed by atoms with Crippen LogP contribution in [0.3, 0.4) is 0 Å². The fraction of sp³-hybridized carbons (Fsp3) is 0.200. The maximum Gasteiger partial charge on any atom is 0.419 e.